The van der Waals surface area contributed by atoms with Crippen LogP contribution in [0.15, 0.2) is 158 Å². The summed E-state index contributed by atoms with van der Waals surface area (Å²) >= 11 is 0. The Balaban J connectivity index is 0.000000386. The molecule has 0 saturated carbocycles. The Morgan fingerprint density at radius 2 is 0.535 bits per heavy atom. The van der Waals surface area contributed by atoms with E-state index < -0.39 is 0 Å². The first kappa shape index (κ1) is 138. The molecule has 2 heterocycles. The van der Waals surface area contributed by atoms with Crippen LogP contribution in [0.2, 0.25) is 0 Å². The summed E-state index contributed by atoms with van der Waals surface area (Å²) in [6.45, 7) is 9.83. The molecule has 8 rings (SSSR count). The molecular formula is C50H111N8O2P67. The number of ether oxygens (including phenoxy) is 1. The van der Waals surface area contributed by atoms with Crippen molar-refractivity contribution in [3.63, 3.8) is 0 Å². The molecule has 0 amide bonds. The molecule has 0 spiro atoms. The zero-order valence-corrected chi connectivity index (χ0v) is 136. The van der Waals surface area contributed by atoms with Crippen LogP contribution in [0.5, 0.6) is 11.5 Å². The summed E-state index contributed by atoms with van der Waals surface area (Å²) in [5.74, 6) is 2.53. The van der Waals surface area contributed by atoms with E-state index in [1.54, 1.807) is 43.5 Å². The van der Waals surface area contributed by atoms with Gasteiger partial charge in [-0.1, -0.05) is 160 Å². The van der Waals surface area contributed by atoms with Crippen molar-refractivity contribution in [3.05, 3.63) is 192 Å². The minimum absolute atomic E-state index is 0. The van der Waals surface area contributed by atoms with Gasteiger partial charge in [-0.15, -0.1) is 304 Å². The minimum atomic E-state index is -0.328. The summed E-state index contributed by atoms with van der Waals surface area (Å²) in [5.41, 5.74) is 9.67. The van der Waals surface area contributed by atoms with Crippen molar-refractivity contribution >= 4 is 570 Å². The van der Waals surface area contributed by atoms with Gasteiger partial charge in [-0.3, -0.25) is 0 Å². The third-order valence-corrected chi connectivity index (χ3v) is 485. The zero-order valence-electron chi connectivity index (χ0n) is 67.0. The van der Waals surface area contributed by atoms with Crippen molar-refractivity contribution in [3.8, 4) is 56.8 Å². The first-order chi connectivity index (χ1) is 59.3. The molecule has 10 nitrogen and oxygen atoms in total. The van der Waals surface area contributed by atoms with E-state index in [4.69, 9.17) is 27.8 Å². The standard InChI is InChI=1S/C25H20N4O.C24H18N4O.CH4.H69P67/c1-17-9-11-18(12-10-17)22-23(30-3)25(27-21-15-13-20(26-2)14-16-21)29-24(28-22)19-7-5-4-6-8-19;1-16-8-10-17(11-9-16)21-22(29)24(26-20-14-12-19(25-2)13-15-20)28-23(27-21)18-6-4-3-5-7-18;;1-35-52(34)61(53(36(2)3)37(4)5)65(60(50(30)31)51(32)33)67(64(58(46(22)23)47(24)25)59(48(26)27)49(28)29)66(62(54(38(6)7)39(8)9)55(40(10)11)41(12)13)63(56(42(14)15)43(16)17)57(44(18)19)45(20)21/h4-16H,1,3H3,(H,27,28,29);3-15,29H,1H3,(H,26,27,28);1H4;35H,1-34H2. The molecule has 127 heavy (non-hydrogen) atoms. The third kappa shape index (κ3) is 43.7. The van der Waals surface area contributed by atoms with E-state index in [2.05, 4.69) is 353 Å². The number of methoxy groups -OCH3 is 1. The molecule has 0 aliphatic rings. The van der Waals surface area contributed by atoms with E-state index in [9.17, 15) is 5.11 Å². The zero-order chi connectivity index (χ0) is 94.3. The molecule has 8 aromatic rings. The van der Waals surface area contributed by atoms with Gasteiger partial charge >= 0.3 is 0 Å². The summed E-state index contributed by atoms with van der Waals surface area (Å²) in [4.78, 5) is 25.6. The second-order valence-corrected chi connectivity index (χ2v) is 299. The molecule has 39 atom stereocenters. The van der Waals surface area contributed by atoms with Crippen LogP contribution in [0, 0.1) is 27.0 Å². The lowest BCUT2D eigenvalue weighted by atomic mass is 10.1. The predicted molar refractivity (Wildman–Crippen MR) is 802 cm³/mol. The quantitative estimate of drug-likeness (QED) is 0.0257. The molecule has 6 aromatic carbocycles. The molecule has 0 aliphatic heterocycles. The van der Waals surface area contributed by atoms with Crippen LogP contribution in [0.3, 0.4) is 0 Å². The summed E-state index contributed by atoms with van der Waals surface area (Å²) in [6.07, 6.45) is 0. The Hall–Kier alpha value is 20.5. The van der Waals surface area contributed by atoms with Crippen LogP contribution in [-0.2, 0) is 0 Å². The molecule has 0 radical (unpaired) electrons. The summed E-state index contributed by atoms with van der Waals surface area (Å²) < 4.78 is 5.73. The van der Waals surface area contributed by atoms with Crippen LogP contribution in [0.4, 0.5) is 34.4 Å². The second-order valence-electron chi connectivity index (χ2n) is 24.0. The number of anilines is 4. The maximum atomic E-state index is 10.9. The molecule has 2 aromatic heterocycles. The molecule has 0 fully saturated rings. The van der Waals surface area contributed by atoms with Gasteiger partial charge in [0.1, 0.15) is 11.4 Å². The lowest BCUT2D eigenvalue weighted by molar-refractivity contribution is 0.415. The average molecular weight is 2930 g/mol. The number of hydrogen-bond acceptors (Lipinski definition) is 8. The number of hydrogen-bond donors (Lipinski definition) is 3. The van der Waals surface area contributed by atoms with E-state index in [0.29, 0.717) is 51.8 Å². The topological polar surface area (TPSA) is 114 Å². The van der Waals surface area contributed by atoms with E-state index in [0.717, 1.165) is 47.1 Å². The lowest BCUT2D eigenvalue weighted by Crippen LogP contribution is -2.04. The maximum absolute atomic E-state index is 10.9. The predicted octanol–water partition coefficient (Wildman–Crippen LogP) is 52.4. The highest BCUT2D eigenvalue weighted by Crippen LogP contribution is 3.50. The van der Waals surface area contributed by atoms with Crippen LogP contribution < -0.4 is 15.4 Å². The van der Waals surface area contributed by atoms with Gasteiger partial charge in [0.15, 0.2) is 46.2 Å². The molecule has 3 N–H and O–H groups in total. The van der Waals surface area contributed by atoms with Crippen LogP contribution in [-0.4, -0.2) is 32.2 Å². The van der Waals surface area contributed by atoms with Gasteiger partial charge in [-0.05, 0) is 262 Å². The number of aromatic nitrogens is 4. The molecule has 0 aliphatic carbocycles. The highest BCUT2D eigenvalue weighted by atomic mass is 33.6. The van der Waals surface area contributed by atoms with Gasteiger partial charge in [0, 0.05) is 33.6 Å². The summed E-state index contributed by atoms with van der Waals surface area (Å²) in [7, 11) is 125. The second kappa shape index (κ2) is 72.7. The van der Waals surface area contributed by atoms with Crippen molar-refractivity contribution in [2.45, 2.75) is 21.3 Å². The smallest absolute Gasteiger partial charge is 0.188 e. The van der Waals surface area contributed by atoms with Crippen molar-refractivity contribution in [1.29, 1.82) is 0 Å². The number of nitrogens with one attached hydrogen (secondary N) is 2. The fourth-order valence-corrected chi connectivity index (χ4v) is 982. The highest BCUT2D eigenvalue weighted by Gasteiger charge is 2.63. The van der Waals surface area contributed by atoms with Gasteiger partial charge in [0.2, 0.25) is 0 Å². The molecule has 698 valence electrons. The lowest BCUT2D eigenvalue weighted by Gasteiger charge is -2.61. The van der Waals surface area contributed by atoms with E-state index in [-0.39, 0.29) is 237 Å². The number of rotatable bonds is 41. The first-order valence-electron chi connectivity index (χ1n) is 33.9. The first-order valence-corrected chi connectivity index (χ1v) is 156. The number of aromatic hydroxyl groups is 1. The molecule has 77 heteroatoms. The van der Waals surface area contributed by atoms with Crippen LogP contribution in [0.1, 0.15) is 18.6 Å². The van der Waals surface area contributed by atoms with E-state index in [1.165, 1.54) is 5.56 Å². The Morgan fingerprint density at radius 1 is 0.299 bits per heavy atom. The monoisotopic (exact) mass is 2930 g/mol. The largest absolute Gasteiger partial charge is 0.503 e. The molecule has 0 bridgehead atoms. The Labute approximate surface area is 875 Å². The summed E-state index contributed by atoms with van der Waals surface area (Å²) in [5, 5.41) is 17.4. The normalized spacial score (nSPS) is 13.4. The third-order valence-electron chi connectivity index (χ3n) is 15.1. The maximum Gasteiger partial charge on any atom is 0.188 e. The van der Waals surface area contributed by atoms with Gasteiger partial charge in [0.05, 0.1) is 20.3 Å². The molecule has 0 saturated heterocycles. The van der Waals surface area contributed by atoms with Crippen molar-refractivity contribution in [2.75, 3.05) is 17.7 Å². The Bertz CT molecular complexity index is 4510. The average Bonchev–Trinajstić information content (AvgIpc) is 0.719. The molecular weight excluding hydrogens is 2820 g/mol. The van der Waals surface area contributed by atoms with Gasteiger partial charge < -0.3 is 20.5 Å². The van der Waals surface area contributed by atoms with Crippen LogP contribution >= 0.6 is 535 Å². The van der Waals surface area contributed by atoms with Gasteiger partial charge in [-0.2, -0.15) is 0 Å². The molecule has 39 unspecified atom stereocenters. The van der Waals surface area contributed by atoms with Gasteiger partial charge in [0.25, 0.3) is 0 Å². The van der Waals surface area contributed by atoms with Crippen molar-refractivity contribution < 1.29 is 9.84 Å². The van der Waals surface area contributed by atoms with E-state index >= 15 is 0 Å². The Morgan fingerprint density at radius 3 is 0.795 bits per heavy atom. The van der Waals surface area contributed by atoms with E-state index in [1.807, 2.05) is 116 Å². The Kier molecular flexibility index (Phi) is 78.9. The van der Waals surface area contributed by atoms with Crippen molar-refractivity contribution in [2.24, 2.45) is 0 Å². The van der Waals surface area contributed by atoms with Gasteiger partial charge in [-0.25, -0.2) is 29.6 Å². The number of nitrogens with zero attached hydrogens (tertiary/aromatic N) is 6. The van der Waals surface area contributed by atoms with Crippen LogP contribution in [0.25, 0.3) is 55.0 Å². The number of benzene rings is 6. The summed E-state index contributed by atoms with van der Waals surface area (Å²) in [6, 6.07) is 49.7. The van der Waals surface area contributed by atoms with Crippen molar-refractivity contribution in [1.82, 2.24) is 19.9 Å². The highest BCUT2D eigenvalue weighted by molar-refractivity contribution is 9.56. The fraction of sp³-hybridized carbons (Fsp3) is 0.0800. The fourth-order valence-electron chi connectivity index (χ4n) is 10.1. The minimum Gasteiger partial charge on any atom is -0.503 e. The number of aryl methyl sites for hydroxylation is 2. The SMILES string of the molecule is C.PPP(P)P(P(P(P)P)P(P)P)P(P(P(P)P)P(P)P)P(P(P(P(P)P)P(P)P)P(P(P)P)P(P)P)P(P(P(P(P)P)P(P)P)P(P(P)P)P(P)P)P(P(P(P)P)P(P)P)P(P(P)P)P(P)P.[C-]#[N+]c1ccc(Nc2nc(-c3ccccc3)nc(-c3ccc(C)cc3)c2O)cc1.[C-]#[N+]c1ccc(Nc2nc(-c3ccccc3)nc(-c3ccc(C)cc3)c2OC)cc1.